The van der Waals surface area contributed by atoms with E-state index in [4.69, 9.17) is 9.47 Å². The van der Waals surface area contributed by atoms with Crippen molar-refractivity contribution in [3.63, 3.8) is 0 Å². The Hall–Kier alpha value is -3.68. The summed E-state index contributed by atoms with van der Waals surface area (Å²) >= 11 is 0. The van der Waals surface area contributed by atoms with Crippen LogP contribution < -0.4 is 14.8 Å². The first kappa shape index (κ1) is 18.1. The van der Waals surface area contributed by atoms with Gasteiger partial charge in [-0.2, -0.15) is 4.98 Å². The van der Waals surface area contributed by atoms with Crippen molar-refractivity contribution in [3.05, 3.63) is 76.1 Å². The van der Waals surface area contributed by atoms with Crippen molar-refractivity contribution in [2.24, 2.45) is 0 Å². The van der Waals surface area contributed by atoms with E-state index in [0.29, 0.717) is 18.0 Å². The Morgan fingerprint density at radius 3 is 2.33 bits per heavy atom. The van der Waals surface area contributed by atoms with Crippen LogP contribution in [-0.2, 0) is 6.54 Å². The van der Waals surface area contributed by atoms with Crippen molar-refractivity contribution < 1.29 is 14.4 Å². The molecule has 0 radical (unpaired) electrons. The van der Waals surface area contributed by atoms with Gasteiger partial charge in [-0.05, 0) is 36.8 Å². The summed E-state index contributed by atoms with van der Waals surface area (Å²) in [5, 5.41) is 14.6. The topological polar surface area (TPSA) is 99.4 Å². The summed E-state index contributed by atoms with van der Waals surface area (Å²) in [6, 6.07) is 14.5. The van der Waals surface area contributed by atoms with Gasteiger partial charge in [0.1, 0.15) is 17.8 Å². The van der Waals surface area contributed by atoms with E-state index in [0.717, 1.165) is 11.1 Å². The number of nitrogens with one attached hydrogen (secondary N) is 1. The average Bonchev–Trinajstić information content (AvgIpc) is 2.68. The Morgan fingerprint density at radius 1 is 1.04 bits per heavy atom. The minimum Gasteiger partial charge on any atom is -0.497 e. The first-order chi connectivity index (χ1) is 13.1. The third-order valence-corrected chi connectivity index (χ3v) is 3.83. The Morgan fingerprint density at radius 2 is 1.70 bits per heavy atom. The van der Waals surface area contributed by atoms with E-state index in [-0.39, 0.29) is 17.4 Å². The highest BCUT2D eigenvalue weighted by Crippen LogP contribution is 2.34. The number of benzene rings is 2. The molecule has 0 aliphatic carbocycles. The van der Waals surface area contributed by atoms with Crippen molar-refractivity contribution in [2.45, 2.75) is 13.5 Å². The molecule has 27 heavy (non-hydrogen) atoms. The number of nitrogens with zero attached hydrogens (tertiary/aromatic N) is 3. The molecule has 138 valence electrons. The normalized spacial score (nSPS) is 10.3. The Labute approximate surface area is 156 Å². The average molecular weight is 366 g/mol. The lowest BCUT2D eigenvalue weighted by molar-refractivity contribution is -0.385. The maximum Gasteiger partial charge on any atom is 0.373 e. The second kappa shape index (κ2) is 8.13. The summed E-state index contributed by atoms with van der Waals surface area (Å²) in [4.78, 5) is 18.9. The van der Waals surface area contributed by atoms with Gasteiger partial charge in [0.25, 0.3) is 0 Å². The number of nitro groups is 1. The highest BCUT2D eigenvalue weighted by molar-refractivity contribution is 5.62. The van der Waals surface area contributed by atoms with Crippen LogP contribution in [0.3, 0.4) is 0 Å². The van der Waals surface area contributed by atoms with Gasteiger partial charge in [-0.1, -0.05) is 29.8 Å². The molecule has 0 saturated heterocycles. The van der Waals surface area contributed by atoms with Crippen LogP contribution in [0.15, 0.2) is 54.9 Å². The number of aryl methyl sites for hydroxylation is 1. The van der Waals surface area contributed by atoms with Gasteiger partial charge in [0, 0.05) is 6.54 Å². The number of methoxy groups -OCH3 is 1. The van der Waals surface area contributed by atoms with E-state index in [1.807, 2.05) is 31.2 Å². The molecule has 2 aromatic carbocycles. The van der Waals surface area contributed by atoms with Gasteiger partial charge in [0.2, 0.25) is 5.82 Å². The Balaban J connectivity index is 1.83. The van der Waals surface area contributed by atoms with Crippen LogP contribution in [0.25, 0.3) is 0 Å². The maximum atomic E-state index is 11.6. The van der Waals surface area contributed by atoms with Crippen molar-refractivity contribution in [3.8, 4) is 17.4 Å². The molecular formula is C19H18N4O4. The van der Waals surface area contributed by atoms with Crippen molar-refractivity contribution in [1.82, 2.24) is 9.97 Å². The molecule has 8 nitrogen and oxygen atoms in total. The summed E-state index contributed by atoms with van der Waals surface area (Å²) in [5.41, 5.74) is 1.80. The van der Waals surface area contributed by atoms with Crippen LogP contribution in [0.5, 0.6) is 17.4 Å². The van der Waals surface area contributed by atoms with Gasteiger partial charge in [-0.3, -0.25) is 10.1 Å². The molecule has 0 bridgehead atoms. The molecule has 0 fully saturated rings. The van der Waals surface area contributed by atoms with Crippen LogP contribution >= 0.6 is 0 Å². The molecule has 1 heterocycles. The summed E-state index contributed by atoms with van der Waals surface area (Å²) in [6.07, 6.45) is 1.23. The predicted octanol–water partition coefficient (Wildman–Crippen LogP) is 4.11. The van der Waals surface area contributed by atoms with E-state index < -0.39 is 4.92 Å². The molecule has 8 heteroatoms. The first-order valence-electron chi connectivity index (χ1n) is 8.17. The lowest BCUT2D eigenvalue weighted by atomic mass is 10.1. The number of anilines is 1. The smallest absolute Gasteiger partial charge is 0.373 e. The molecule has 0 aliphatic heterocycles. The molecule has 3 aromatic rings. The molecule has 0 unspecified atom stereocenters. The van der Waals surface area contributed by atoms with Gasteiger partial charge >= 0.3 is 11.6 Å². The highest BCUT2D eigenvalue weighted by Gasteiger charge is 2.25. The minimum absolute atomic E-state index is 0.0964. The molecular weight excluding hydrogens is 348 g/mol. The summed E-state index contributed by atoms with van der Waals surface area (Å²) in [7, 11) is 1.55. The van der Waals surface area contributed by atoms with Gasteiger partial charge in [-0.15, -0.1) is 0 Å². The first-order valence-corrected chi connectivity index (χ1v) is 8.17. The van der Waals surface area contributed by atoms with Crippen molar-refractivity contribution >= 4 is 11.5 Å². The van der Waals surface area contributed by atoms with E-state index in [1.54, 1.807) is 31.4 Å². The second-order valence-electron chi connectivity index (χ2n) is 5.75. The number of aromatic nitrogens is 2. The largest absolute Gasteiger partial charge is 0.497 e. The van der Waals surface area contributed by atoms with E-state index in [9.17, 15) is 10.1 Å². The number of rotatable bonds is 7. The van der Waals surface area contributed by atoms with Gasteiger partial charge in [-0.25, -0.2) is 4.98 Å². The van der Waals surface area contributed by atoms with Crippen LogP contribution in [0, 0.1) is 17.0 Å². The molecule has 0 atom stereocenters. The summed E-state index contributed by atoms with van der Waals surface area (Å²) in [5.74, 6) is 1.02. The van der Waals surface area contributed by atoms with Gasteiger partial charge in [0.05, 0.1) is 12.0 Å². The highest BCUT2D eigenvalue weighted by atomic mass is 16.6. The third kappa shape index (κ3) is 4.49. The van der Waals surface area contributed by atoms with Crippen LogP contribution in [0.2, 0.25) is 0 Å². The van der Waals surface area contributed by atoms with Crippen LogP contribution in [0.4, 0.5) is 11.5 Å². The van der Waals surface area contributed by atoms with Crippen LogP contribution in [0.1, 0.15) is 11.1 Å². The lowest BCUT2D eigenvalue weighted by Gasteiger charge is -2.10. The molecule has 0 saturated carbocycles. The summed E-state index contributed by atoms with van der Waals surface area (Å²) in [6.45, 7) is 2.38. The predicted molar refractivity (Wildman–Crippen MR) is 100 cm³/mol. The van der Waals surface area contributed by atoms with Crippen molar-refractivity contribution in [2.75, 3.05) is 12.4 Å². The van der Waals surface area contributed by atoms with Gasteiger partial charge in [0.15, 0.2) is 0 Å². The number of ether oxygens (including phenoxy) is 2. The number of hydrogen-bond acceptors (Lipinski definition) is 7. The molecule has 0 amide bonds. The molecule has 1 aromatic heterocycles. The van der Waals surface area contributed by atoms with Crippen molar-refractivity contribution in [1.29, 1.82) is 0 Å². The molecule has 1 N–H and O–H groups in total. The fourth-order valence-corrected chi connectivity index (χ4v) is 2.38. The maximum absolute atomic E-state index is 11.6. The second-order valence-corrected chi connectivity index (χ2v) is 5.75. The quantitative estimate of drug-likeness (QED) is 0.496. The summed E-state index contributed by atoms with van der Waals surface area (Å²) < 4.78 is 10.7. The zero-order valence-corrected chi connectivity index (χ0v) is 14.9. The fraction of sp³-hybridized carbons (Fsp3) is 0.158. The van der Waals surface area contributed by atoms with E-state index in [2.05, 4.69) is 15.3 Å². The fourth-order valence-electron chi connectivity index (χ4n) is 2.38. The molecule has 0 spiro atoms. The third-order valence-electron chi connectivity index (χ3n) is 3.83. The zero-order valence-electron chi connectivity index (χ0n) is 14.9. The molecule has 3 rings (SSSR count). The van der Waals surface area contributed by atoms with E-state index in [1.165, 1.54) is 6.33 Å². The molecule has 0 aliphatic rings. The monoisotopic (exact) mass is 366 g/mol. The Bertz CT molecular complexity index is 927. The van der Waals surface area contributed by atoms with E-state index >= 15 is 0 Å². The SMILES string of the molecule is COc1ccc(Oc2ncnc(NCc3ccc(C)cc3)c2[N+](=O)[O-])cc1. The number of hydrogen-bond donors (Lipinski definition) is 1. The Kier molecular flexibility index (Phi) is 5.46. The minimum atomic E-state index is -0.559. The zero-order chi connectivity index (χ0) is 19.2. The standard InChI is InChI=1S/C19H18N4O4/c1-13-3-5-14(6-4-13)11-20-18-17(23(24)25)19(22-12-21-18)27-16-9-7-15(26-2)8-10-16/h3-10,12H,11H2,1-2H3,(H,20,21,22). The van der Waals surface area contributed by atoms with Gasteiger partial charge < -0.3 is 14.8 Å². The van der Waals surface area contributed by atoms with Crippen LogP contribution in [-0.4, -0.2) is 22.0 Å². The lowest BCUT2D eigenvalue weighted by Crippen LogP contribution is -2.07.